The number of hydrogen-bond donors (Lipinski definition) is 0. The molecular formula is C17H18N4O2S. The van der Waals surface area contributed by atoms with E-state index < -0.39 is 0 Å². The van der Waals surface area contributed by atoms with Gasteiger partial charge in [0.2, 0.25) is 0 Å². The number of para-hydroxylation sites is 1. The van der Waals surface area contributed by atoms with E-state index in [1.54, 1.807) is 10.9 Å². The van der Waals surface area contributed by atoms with E-state index in [2.05, 4.69) is 15.1 Å². The molecule has 0 N–H and O–H groups in total. The van der Waals surface area contributed by atoms with E-state index in [9.17, 15) is 4.79 Å². The number of carbonyl (C=O) groups is 1. The highest BCUT2D eigenvalue weighted by atomic mass is 32.2. The van der Waals surface area contributed by atoms with Gasteiger partial charge >= 0.3 is 5.97 Å². The zero-order valence-corrected chi connectivity index (χ0v) is 14.4. The zero-order valence-electron chi connectivity index (χ0n) is 13.5. The van der Waals surface area contributed by atoms with Crippen LogP contribution in [0.1, 0.15) is 20.3 Å². The molecule has 2 aromatic heterocycles. The van der Waals surface area contributed by atoms with Gasteiger partial charge in [-0.3, -0.25) is 4.79 Å². The van der Waals surface area contributed by atoms with E-state index >= 15 is 0 Å². The van der Waals surface area contributed by atoms with Crippen molar-refractivity contribution < 1.29 is 9.53 Å². The van der Waals surface area contributed by atoms with E-state index in [1.807, 2.05) is 44.2 Å². The number of carbonyl (C=O) groups excluding carboxylic acids is 1. The van der Waals surface area contributed by atoms with Crippen molar-refractivity contribution in [3.05, 3.63) is 42.9 Å². The second-order valence-electron chi connectivity index (χ2n) is 5.07. The van der Waals surface area contributed by atoms with Crippen molar-refractivity contribution in [1.29, 1.82) is 0 Å². The molecule has 0 unspecified atom stereocenters. The molecule has 0 aliphatic carbocycles. The summed E-state index contributed by atoms with van der Waals surface area (Å²) in [4.78, 5) is 20.7. The molecule has 24 heavy (non-hydrogen) atoms. The molecule has 6 nitrogen and oxygen atoms in total. The van der Waals surface area contributed by atoms with Crippen molar-refractivity contribution in [2.75, 3.05) is 6.61 Å². The van der Waals surface area contributed by atoms with Crippen LogP contribution in [0.5, 0.6) is 0 Å². The van der Waals surface area contributed by atoms with Gasteiger partial charge in [0.1, 0.15) is 16.6 Å². The number of benzene rings is 1. The van der Waals surface area contributed by atoms with Crippen molar-refractivity contribution in [2.24, 2.45) is 0 Å². The van der Waals surface area contributed by atoms with Crippen LogP contribution in [0, 0.1) is 0 Å². The molecule has 124 valence electrons. The fourth-order valence-corrected chi connectivity index (χ4v) is 3.32. The Labute approximate surface area is 144 Å². The molecule has 1 aromatic carbocycles. The minimum Gasteiger partial charge on any atom is -0.465 e. The van der Waals surface area contributed by atoms with Crippen molar-refractivity contribution in [3.8, 4) is 5.69 Å². The first-order valence-electron chi connectivity index (χ1n) is 7.82. The summed E-state index contributed by atoms with van der Waals surface area (Å²) in [7, 11) is 0. The Morgan fingerprint density at radius 3 is 2.75 bits per heavy atom. The van der Waals surface area contributed by atoms with Gasteiger partial charge in [0.25, 0.3) is 0 Å². The third-order valence-electron chi connectivity index (χ3n) is 3.50. The molecule has 1 atom stereocenters. The smallest absolute Gasteiger partial charge is 0.319 e. The summed E-state index contributed by atoms with van der Waals surface area (Å²) in [6, 6.07) is 9.79. The maximum absolute atomic E-state index is 12.0. The Morgan fingerprint density at radius 2 is 2.04 bits per heavy atom. The van der Waals surface area contributed by atoms with Gasteiger partial charge in [-0.15, -0.1) is 0 Å². The minimum atomic E-state index is -0.289. The normalized spacial score (nSPS) is 12.2. The molecule has 0 saturated carbocycles. The van der Waals surface area contributed by atoms with Gasteiger partial charge in [-0.2, -0.15) is 5.10 Å². The Hall–Kier alpha value is -2.41. The Morgan fingerprint density at radius 1 is 1.25 bits per heavy atom. The monoisotopic (exact) mass is 342 g/mol. The van der Waals surface area contributed by atoms with E-state index in [4.69, 9.17) is 4.74 Å². The van der Waals surface area contributed by atoms with Crippen molar-refractivity contribution in [3.63, 3.8) is 0 Å². The van der Waals surface area contributed by atoms with Gasteiger partial charge in [-0.25, -0.2) is 14.6 Å². The molecule has 2 heterocycles. The first-order valence-corrected chi connectivity index (χ1v) is 8.70. The van der Waals surface area contributed by atoms with Gasteiger partial charge in [0.15, 0.2) is 5.65 Å². The van der Waals surface area contributed by atoms with Crippen LogP contribution in [-0.2, 0) is 9.53 Å². The van der Waals surface area contributed by atoms with Gasteiger partial charge < -0.3 is 4.74 Å². The maximum Gasteiger partial charge on any atom is 0.319 e. The van der Waals surface area contributed by atoms with Crippen molar-refractivity contribution in [1.82, 2.24) is 19.7 Å². The summed E-state index contributed by atoms with van der Waals surface area (Å²) >= 11 is 1.40. The summed E-state index contributed by atoms with van der Waals surface area (Å²) in [5.41, 5.74) is 1.65. The summed E-state index contributed by atoms with van der Waals surface area (Å²) in [5.74, 6) is -0.216. The quantitative estimate of drug-likeness (QED) is 0.389. The fourth-order valence-electron chi connectivity index (χ4n) is 2.34. The van der Waals surface area contributed by atoms with Crippen LogP contribution >= 0.6 is 11.8 Å². The van der Waals surface area contributed by atoms with Gasteiger partial charge in [0.05, 0.1) is 23.9 Å². The summed E-state index contributed by atoms with van der Waals surface area (Å²) in [5, 5.41) is 5.70. The van der Waals surface area contributed by atoms with E-state index in [0.29, 0.717) is 13.0 Å². The summed E-state index contributed by atoms with van der Waals surface area (Å²) in [6.07, 6.45) is 3.91. The van der Waals surface area contributed by atoms with Gasteiger partial charge in [0, 0.05) is 0 Å². The number of ether oxygens (including phenoxy) is 1. The fraction of sp³-hybridized carbons (Fsp3) is 0.294. The number of thioether (sulfide) groups is 1. The minimum absolute atomic E-state index is 0.216. The molecule has 7 heteroatoms. The van der Waals surface area contributed by atoms with E-state index in [1.165, 1.54) is 18.1 Å². The highest BCUT2D eigenvalue weighted by Gasteiger charge is 2.22. The van der Waals surface area contributed by atoms with Crippen molar-refractivity contribution >= 4 is 28.8 Å². The topological polar surface area (TPSA) is 69.9 Å². The first kappa shape index (κ1) is 16.4. The van der Waals surface area contributed by atoms with Crippen LogP contribution in [0.3, 0.4) is 0 Å². The lowest BCUT2D eigenvalue weighted by Gasteiger charge is -2.12. The molecular weight excluding hydrogens is 324 g/mol. The van der Waals surface area contributed by atoms with E-state index in [0.717, 1.165) is 21.7 Å². The third kappa shape index (κ3) is 3.26. The highest BCUT2D eigenvalue weighted by molar-refractivity contribution is 8.00. The molecule has 0 aliphatic heterocycles. The molecule has 0 fully saturated rings. The molecule has 0 saturated heterocycles. The molecule has 3 rings (SSSR count). The molecule has 0 radical (unpaired) electrons. The molecule has 0 aliphatic rings. The average Bonchev–Trinajstić information content (AvgIpc) is 3.05. The van der Waals surface area contributed by atoms with Crippen LogP contribution in [0.15, 0.2) is 47.9 Å². The van der Waals surface area contributed by atoms with Crippen LogP contribution in [-0.4, -0.2) is 37.6 Å². The van der Waals surface area contributed by atoms with E-state index in [-0.39, 0.29) is 11.2 Å². The Balaban J connectivity index is 1.96. The average molecular weight is 342 g/mol. The predicted molar refractivity (Wildman–Crippen MR) is 93.2 cm³/mol. The SMILES string of the molecule is CCOC(=O)[C@H](CC)Sc1ncnc2c1cnn2-c1ccccc1. The number of nitrogens with zero attached hydrogens (tertiary/aromatic N) is 4. The number of esters is 1. The Bertz CT molecular complexity index is 835. The number of rotatable bonds is 6. The highest BCUT2D eigenvalue weighted by Crippen LogP contribution is 2.30. The van der Waals surface area contributed by atoms with Gasteiger partial charge in [-0.05, 0) is 25.5 Å². The van der Waals surface area contributed by atoms with Crippen LogP contribution in [0.2, 0.25) is 0 Å². The lowest BCUT2D eigenvalue weighted by atomic mass is 10.3. The second kappa shape index (κ2) is 7.44. The molecule has 0 spiro atoms. The largest absolute Gasteiger partial charge is 0.465 e. The molecule has 3 aromatic rings. The third-order valence-corrected chi connectivity index (χ3v) is 4.86. The molecule has 0 bridgehead atoms. The standard InChI is InChI=1S/C17H18N4O2S/c1-3-14(17(22)23-4-2)24-16-13-10-20-21(15(13)18-11-19-16)12-8-6-5-7-9-12/h5-11,14H,3-4H2,1-2H3/t14-/m0/s1. The first-order chi connectivity index (χ1) is 11.7. The van der Waals surface area contributed by atoms with Crippen LogP contribution in [0.4, 0.5) is 0 Å². The lowest BCUT2D eigenvalue weighted by molar-refractivity contribution is -0.142. The van der Waals surface area contributed by atoms with Crippen LogP contribution < -0.4 is 0 Å². The number of hydrogen-bond acceptors (Lipinski definition) is 6. The number of aromatic nitrogens is 4. The van der Waals surface area contributed by atoms with Gasteiger partial charge in [-0.1, -0.05) is 36.9 Å². The second-order valence-corrected chi connectivity index (χ2v) is 6.27. The van der Waals surface area contributed by atoms with Crippen LogP contribution in [0.25, 0.3) is 16.7 Å². The van der Waals surface area contributed by atoms with Crippen molar-refractivity contribution in [2.45, 2.75) is 30.5 Å². The predicted octanol–water partition coefficient (Wildman–Crippen LogP) is 3.25. The summed E-state index contributed by atoms with van der Waals surface area (Å²) < 4.78 is 6.90. The zero-order chi connectivity index (χ0) is 16.9. The summed E-state index contributed by atoms with van der Waals surface area (Å²) in [6.45, 7) is 4.14. The molecule has 0 amide bonds. The lowest BCUT2D eigenvalue weighted by Crippen LogP contribution is -2.19. The maximum atomic E-state index is 12.0. The Kier molecular flexibility index (Phi) is 5.10. The number of fused-ring (bicyclic) bond motifs is 1.